The molecular weight excluding hydrogens is 626 g/mol. The highest BCUT2D eigenvalue weighted by molar-refractivity contribution is 6.00. The molecule has 2 bridgehead atoms. The minimum Gasteiger partial charge on any atom is -0.461 e. The number of benzene rings is 2. The molecule has 0 aliphatic carbocycles. The molecule has 0 saturated carbocycles. The second kappa shape index (κ2) is 12.0. The minimum absolute atomic E-state index is 0.0659. The Morgan fingerprint density at radius 3 is 2.55 bits per heavy atom. The van der Waals surface area contributed by atoms with Gasteiger partial charge in [0.2, 0.25) is 0 Å². The number of rotatable bonds is 6. The number of halogens is 2. The van der Waals surface area contributed by atoms with Gasteiger partial charge in [-0.1, -0.05) is 43.3 Å². The number of carbonyl (C=O) groups is 1. The molecule has 4 atom stereocenters. The van der Waals surface area contributed by atoms with Gasteiger partial charge in [0.25, 0.3) is 0 Å². The van der Waals surface area contributed by atoms with Gasteiger partial charge in [0.1, 0.15) is 35.4 Å². The monoisotopic (exact) mass is 670 g/mol. The van der Waals surface area contributed by atoms with Crippen molar-refractivity contribution in [2.75, 3.05) is 37.7 Å². The van der Waals surface area contributed by atoms with Crippen LogP contribution in [0.25, 0.3) is 32.9 Å². The smallest absolute Gasteiger partial charge is 0.410 e. The van der Waals surface area contributed by atoms with Crippen molar-refractivity contribution >= 4 is 33.6 Å². The van der Waals surface area contributed by atoms with Crippen molar-refractivity contribution in [3.63, 3.8) is 0 Å². The third kappa shape index (κ3) is 5.63. The largest absolute Gasteiger partial charge is 0.461 e. The maximum atomic E-state index is 17.0. The molecule has 4 aromatic rings. The maximum Gasteiger partial charge on any atom is 0.410 e. The molecule has 8 rings (SSSR count). The molecule has 4 saturated heterocycles. The zero-order valence-corrected chi connectivity index (χ0v) is 28.7. The lowest BCUT2D eigenvalue weighted by Gasteiger charge is -2.42. The Morgan fingerprint density at radius 2 is 1.82 bits per heavy atom. The predicted molar refractivity (Wildman–Crippen MR) is 185 cm³/mol. The average Bonchev–Trinajstić information content (AvgIpc) is 3.69. The van der Waals surface area contributed by atoms with E-state index in [0.29, 0.717) is 42.8 Å². The molecule has 4 aliphatic heterocycles. The number of carbonyl (C=O) groups excluding carboxylic acids is 1. The van der Waals surface area contributed by atoms with Crippen LogP contribution in [0.5, 0.6) is 6.01 Å². The van der Waals surface area contributed by atoms with Crippen molar-refractivity contribution in [3.8, 4) is 17.3 Å². The third-order valence-electron chi connectivity index (χ3n) is 10.9. The normalized spacial score (nSPS) is 25.4. The number of ether oxygens (including phenoxy) is 2. The summed E-state index contributed by atoms with van der Waals surface area (Å²) in [6.45, 7) is 10.2. The SMILES string of the molecule is CCc1cccc2cccc(-c3ncc4c(N5C[C@@H]6CC[C@@H](C5)N6C(=O)OC(C)(C)C)nc(OC[C@@]56CCCN5C[C@H](F)C6)nc4c3F)c12. The summed E-state index contributed by atoms with van der Waals surface area (Å²) in [4.78, 5) is 33.7. The van der Waals surface area contributed by atoms with Crippen LogP contribution in [0.4, 0.5) is 19.4 Å². The lowest BCUT2D eigenvalue weighted by atomic mass is 9.95. The lowest BCUT2D eigenvalue weighted by Crippen LogP contribution is -2.57. The molecule has 1 amide bonds. The van der Waals surface area contributed by atoms with E-state index in [1.807, 2.05) is 56.0 Å². The Bertz CT molecular complexity index is 1910. The third-order valence-corrected chi connectivity index (χ3v) is 10.9. The Morgan fingerprint density at radius 1 is 1.06 bits per heavy atom. The molecule has 258 valence electrons. The van der Waals surface area contributed by atoms with Crippen molar-refractivity contribution in [2.24, 2.45) is 0 Å². The van der Waals surface area contributed by atoms with Crippen molar-refractivity contribution in [3.05, 3.63) is 54.0 Å². The molecular formula is C38H44F2N6O3. The first-order chi connectivity index (χ1) is 23.5. The topological polar surface area (TPSA) is 83.9 Å². The van der Waals surface area contributed by atoms with E-state index in [1.54, 1.807) is 6.20 Å². The lowest BCUT2D eigenvalue weighted by molar-refractivity contribution is 0.0122. The molecule has 49 heavy (non-hydrogen) atoms. The first kappa shape index (κ1) is 32.1. The molecule has 2 aromatic carbocycles. The van der Waals surface area contributed by atoms with Crippen LogP contribution in [0.2, 0.25) is 0 Å². The highest BCUT2D eigenvalue weighted by atomic mass is 19.1. The number of alkyl halides is 1. The number of anilines is 1. The second-order valence-electron chi connectivity index (χ2n) is 15.2. The fourth-order valence-electron chi connectivity index (χ4n) is 8.76. The van der Waals surface area contributed by atoms with Crippen LogP contribution in [-0.4, -0.2) is 93.0 Å². The molecule has 6 heterocycles. The van der Waals surface area contributed by atoms with Crippen LogP contribution in [0, 0.1) is 5.82 Å². The molecule has 0 spiro atoms. The van der Waals surface area contributed by atoms with Gasteiger partial charge in [-0.25, -0.2) is 13.6 Å². The van der Waals surface area contributed by atoms with Gasteiger partial charge in [-0.15, -0.1) is 0 Å². The zero-order valence-electron chi connectivity index (χ0n) is 28.7. The Balaban J connectivity index is 1.20. The van der Waals surface area contributed by atoms with Gasteiger partial charge >= 0.3 is 12.1 Å². The number of piperazine rings is 1. The summed E-state index contributed by atoms with van der Waals surface area (Å²) in [6.07, 6.45) is 5.18. The summed E-state index contributed by atoms with van der Waals surface area (Å²) in [5, 5.41) is 2.48. The number of nitrogens with zero attached hydrogens (tertiary/aromatic N) is 6. The van der Waals surface area contributed by atoms with Gasteiger partial charge in [0.05, 0.1) is 23.0 Å². The first-order valence-corrected chi connectivity index (χ1v) is 17.7. The number of aromatic nitrogens is 3. The molecule has 2 aromatic heterocycles. The molecule has 11 heteroatoms. The van der Waals surface area contributed by atoms with Crippen LogP contribution >= 0.6 is 0 Å². The fraction of sp³-hybridized carbons (Fsp3) is 0.526. The van der Waals surface area contributed by atoms with Crippen molar-refractivity contribution in [1.82, 2.24) is 24.8 Å². The second-order valence-corrected chi connectivity index (χ2v) is 15.2. The van der Waals surface area contributed by atoms with Crippen molar-refractivity contribution in [2.45, 2.75) is 95.6 Å². The van der Waals surface area contributed by atoms with Crippen molar-refractivity contribution < 1.29 is 23.0 Å². The van der Waals surface area contributed by atoms with E-state index in [4.69, 9.17) is 24.4 Å². The van der Waals surface area contributed by atoms with Crippen LogP contribution in [-0.2, 0) is 11.2 Å². The molecule has 0 radical (unpaired) electrons. The van der Waals surface area contributed by atoms with E-state index in [-0.39, 0.29) is 42.0 Å². The predicted octanol–water partition coefficient (Wildman–Crippen LogP) is 7.09. The number of fused-ring (bicyclic) bond motifs is 5. The summed E-state index contributed by atoms with van der Waals surface area (Å²) >= 11 is 0. The minimum atomic E-state index is -0.895. The summed E-state index contributed by atoms with van der Waals surface area (Å²) in [5.41, 5.74) is 1.18. The first-order valence-electron chi connectivity index (χ1n) is 17.7. The Hall–Kier alpha value is -4.12. The maximum absolute atomic E-state index is 17.0. The van der Waals surface area contributed by atoms with E-state index >= 15 is 4.39 Å². The molecule has 0 unspecified atom stereocenters. The number of hydrogen-bond donors (Lipinski definition) is 0. The summed E-state index contributed by atoms with van der Waals surface area (Å²) in [6, 6.07) is 11.9. The zero-order chi connectivity index (χ0) is 34.1. The molecule has 0 N–H and O–H groups in total. The van der Waals surface area contributed by atoms with Gasteiger partial charge in [0.15, 0.2) is 5.82 Å². The highest BCUT2D eigenvalue weighted by Crippen LogP contribution is 2.42. The van der Waals surface area contributed by atoms with E-state index in [9.17, 15) is 9.18 Å². The summed E-state index contributed by atoms with van der Waals surface area (Å²) in [7, 11) is 0. The highest BCUT2D eigenvalue weighted by Gasteiger charge is 2.50. The van der Waals surface area contributed by atoms with Crippen LogP contribution in [0.1, 0.15) is 65.4 Å². The van der Waals surface area contributed by atoms with E-state index in [2.05, 4.69) is 22.8 Å². The standard InChI is InChI=1S/C38H44F2N6O3/c1-5-23-9-6-10-24-11-7-12-28(30(23)24)32-31(40)33-29(18-41-32)34(43-35(42-33)48-22-38-15-8-16-45(38)19-25(39)17-38)44-20-26-13-14-27(21-44)46(26)36(47)49-37(2,3)4/h6-7,9-12,18,25-27H,5,8,13-17,19-22H2,1-4H3/t25-,26+,27+,38+/m1/s1. The number of pyridine rings is 1. The molecule has 9 nitrogen and oxygen atoms in total. The van der Waals surface area contributed by atoms with E-state index < -0.39 is 23.1 Å². The van der Waals surface area contributed by atoms with Gasteiger partial charge in [-0.05, 0) is 75.8 Å². The van der Waals surface area contributed by atoms with E-state index in [0.717, 1.165) is 55.0 Å². The van der Waals surface area contributed by atoms with Crippen LogP contribution < -0.4 is 9.64 Å². The van der Waals surface area contributed by atoms with Crippen LogP contribution in [0.3, 0.4) is 0 Å². The van der Waals surface area contributed by atoms with Gasteiger partial charge in [0, 0.05) is 37.8 Å². The Kier molecular flexibility index (Phi) is 7.89. The fourth-order valence-corrected chi connectivity index (χ4v) is 8.76. The quantitative estimate of drug-likeness (QED) is 0.215. The molecule has 4 fully saturated rings. The number of hydrogen-bond acceptors (Lipinski definition) is 8. The number of aryl methyl sites for hydroxylation is 1. The van der Waals surface area contributed by atoms with Gasteiger partial charge in [-0.3, -0.25) is 14.8 Å². The van der Waals surface area contributed by atoms with Gasteiger partial charge in [-0.2, -0.15) is 9.97 Å². The van der Waals surface area contributed by atoms with Gasteiger partial charge < -0.3 is 14.4 Å². The summed E-state index contributed by atoms with van der Waals surface area (Å²) < 4.78 is 43.7. The van der Waals surface area contributed by atoms with Crippen molar-refractivity contribution in [1.29, 1.82) is 0 Å². The van der Waals surface area contributed by atoms with Crippen LogP contribution in [0.15, 0.2) is 42.6 Å². The van der Waals surface area contributed by atoms with E-state index in [1.165, 1.54) is 0 Å². The number of amides is 1. The average molecular weight is 671 g/mol. The molecule has 4 aliphatic rings. The Labute approximate surface area is 285 Å². The summed E-state index contributed by atoms with van der Waals surface area (Å²) in [5.74, 6) is -0.00784.